The summed E-state index contributed by atoms with van der Waals surface area (Å²) in [6.45, 7) is 8.73. The number of ether oxygens (including phenoxy) is 3. The fourth-order valence-electron chi connectivity index (χ4n) is 3.70. The van der Waals surface area contributed by atoms with E-state index in [1.165, 1.54) is 12.2 Å². The molecule has 0 unspecified atom stereocenters. The summed E-state index contributed by atoms with van der Waals surface area (Å²) in [7, 11) is 0. The van der Waals surface area contributed by atoms with E-state index >= 15 is 0 Å². The third kappa shape index (κ3) is 3.86. The van der Waals surface area contributed by atoms with E-state index < -0.39 is 34.8 Å². The fourth-order valence-corrected chi connectivity index (χ4v) is 3.70. The van der Waals surface area contributed by atoms with E-state index in [9.17, 15) is 19.5 Å². The van der Waals surface area contributed by atoms with Crippen LogP contribution in [0.3, 0.4) is 0 Å². The maximum Gasteiger partial charge on any atom is 0.306 e. The van der Waals surface area contributed by atoms with Crippen LogP contribution in [0.1, 0.15) is 47.5 Å². The normalized spacial score (nSPS) is 38.0. The second kappa shape index (κ2) is 6.50. The largest absolute Gasteiger partial charge is 0.454 e. The van der Waals surface area contributed by atoms with Crippen LogP contribution in [0.4, 0.5) is 0 Å². The fraction of sp³-hybridized carbons (Fsp3) is 0.750. The molecule has 2 heterocycles. The Morgan fingerprint density at radius 3 is 2.56 bits per heavy atom. The first-order chi connectivity index (χ1) is 12.4. The van der Waals surface area contributed by atoms with Gasteiger partial charge >= 0.3 is 5.97 Å². The van der Waals surface area contributed by atoms with E-state index in [2.05, 4.69) is 0 Å². The molecule has 27 heavy (non-hydrogen) atoms. The lowest BCUT2D eigenvalue weighted by Gasteiger charge is -2.33. The maximum absolute atomic E-state index is 12.9. The van der Waals surface area contributed by atoms with Crippen molar-refractivity contribution in [3.05, 3.63) is 12.2 Å². The average Bonchev–Trinajstić information content (AvgIpc) is 3.42. The van der Waals surface area contributed by atoms with Crippen LogP contribution in [0, 0.1) is 11.8 Å². The van der Waals surface area contributed by atoms with Gasteiger partial charge in [-0.25, -0.2) is 0 Å². The molecule has 3 aliphatic rings. The van der Waals surface area contributed by atoms with Crippen LogP contribution in [0.5, 0.6) is 0 Å². The highest BCUT2D eigenvalue weighted by Gasteiger charge is 2.72. The van der Waals surface area contributed by atoms with E-state index in [4.69, 9.17) is 14.2 Å². The summed E-state index contributed by atoms with van der Waals surface area (Å²) in [5.74, 6) is -1.61. The van der Waals surface area contributed by atoms with Gasteiger partial charge in [0.15, 0.2) is 23.1 Å². The van der Waals surface area contributed by atoms with Crippen LogP contribution in [-0.4, -0.2) is 58.3 Å². The molecule has 0 spiro atoms. The lowest BCUT2D eigenvalue weighted by Crippen LogP contribution is -2.53. The predicted molar refractivity (Wildman–Crippen MR) is 94.9 cm³/mol. The Hall–Kier alpha value is -1.57. The van der Waals surface area contributed by atoms with Gasteiger partial charge in [-0.3, -0.25) is 14.4 Å². The zero-order valence-electron chi connectivity index (χ0n) is 16.5. The molecule has 2 saturated heterocycles. The van der Waals surface area contributed by atoms with Gasteiger partial charge in [-0.1, -0.05) is 19.9 Å². The Morgan fingerprint density at radius 1 is 1.41 bits per heavy atom. The number of esters is 1. The summed E-state index contributed by atoms with van der Waals surface area (Å²) in [5, 5.41) is 9.82. The quantitative estimate of drug-likeness (QED) is 0.404. The Labute approximate surface area is 159 Å². The molecule has 7 heteroatoms. The average molecular weight is 380 g/mol. The molecule has 3 rings (SSSR count). The van der Waals surface area contributed by atoms with Gasteiger partial charge in [0.25, 0.3) is 0 Å². The Morgan fingerprint density at radius 2 is 2.04 bits per heavy atom. The third-order valence-electron chi connectivity index (χ3n) is 5.47. The van der Waals surface area contributed by atoms with E-state index in [1.807, 2.05) is 13.8 Å². The summed E-state index contributed by atoms with van der Waals surface area (Å²) < 4.78 is 16.6. The van der Waals surface area contributed by atoms with E-state index in [0.29, 0.717) is 6.42 Å². The minimum Gasteiger partial charge on any atom is -0.454 e. The first-order valence-corrected chi connectivity index (χ1v) is 9.41. The lowest BCUT2D eigenvalue weighted by molar-refractivity contribution is -0.164. The zero-order valence-corrected chi connectivity index (χ0v) is 16.5. The van der Waals surface area contributed by atoms with E-state index in [1.54, 1.807) is 20.8 Å². The Balaban J connectivity index is 1.83. The SMILES string of the molecule is CC(C)CC(=O)O[C@@H]1C(=O)[C@@]2(C)O[C@H]2C[C@H]1[C@]1(C(=O)/C=C/C(C)(C)O)CO1. The van der Waals surface area contributed by atoms with Crippen LogP contribution >= 0.6 is 0 Å². The van der Waals surface area contributed by atoms with Crippen molar-refractivity contribution in [1.29, 1.82) is 0 Å². The first kappa shape index (κ1) is 20.2. The van der Waals surface area contributed by atoms with E-state index in [0.717, 1.165) is 0 Å². The van der Waals surface area contributed by atoms with Crippen molar-refractivity contribution in [2.24, 2.45) is 11.8 Å². The topological polar surface area (TPSA) is 106 Å². The van der Waals surface area contributed by atoms with Crippen molar-refractivity contribution < 1.29 is 33.7 Å². The summed E-state index contributed by atoms with van der Waals surface area (Å²) in [6.07, 6.45) is 1.92. The molecule has 0 bridgehead atoms. The van der Waals surface area contributed by atoms with Crippen molar-refractivity contribution in [2.75, 3.05) is 6.61 Å². The second-order valence-corrected chi connectivity index (χ2v) is 8.96. The molecular weight excluding hydrogens is 352 g/mol. The van der Waals surface area contributed by atoms with E-state index in [-0.39, 0.29) is 36.6 Å². The van der Waals surface area contributed by atoms with Gasteiger partial charge in [0.2, 0.25) is 5.78 Å². The number of epoxide rings is 2. The van der Waals surface area contributed by atoms with Crippen LogP contribution in [0.15, 0.2) is 12.2 Å². The standard InChI is InChI=1S/C20H28O7/c1-11(2)8-15(22)26-16-12(9-14-19(5,27-14)17(16)23)20(10-25-20)13(21)6-7-18(3,4)24/h6-7,11-12,14,16,24H,8-10H2,1-5H3/b7-6+/t12-,14+,16+,19+,20+/m1/s1. The highest BCUT2D eigenvalue weighted by atomic mass is 16.6. The number of fused-ring (bicyclic) bond motifs is 1. The number of rotatable bonds is 7. The minimum absolute atomic E-state index is 0.0950. The molecular formula is C20H28O7. The van der Waals surface area contributed by atoms with Crippen molar-refractivity contribution in [2.45, 2.75) is 76.5 Å². The highest BCUT2D eigenvalue weighted by molar-refractivity contribution is 6.02. The van der Waals surface area contributed by atoms with Gasteiger partial charge in [-0.2, -0.15) is 0 Å². The Bertz CT molecular complexity index is 683. The third-order valence-corrected chi connectivity index (χ3v) is 5.47. The zero-order chi connectivity index (χ0) is 20.2. The monoisotopic (exact) mass is 380 g/mol. The minimum atomic E-state index is -1.20. The smallest absolute Gasteiger partial charge is 0.306 e. The molecule has 1 saturated carbocycles. The molecule has 1 N–H and O–H groups in total. The molecule has 0 aromatic carbocycles. The number of hydrogen-bond donors (Lipinski definition) is 1. The predicted octanol–water partition coefficient (Wildman–Crippen LogP) is 1.36. The molecule has 1 aliphatic carbocycles. The first-order valence-electron chi connectivity index (χ1n) is 9.41. The molecule has 7 nitrogen and oxygen atoms in total. The number of carbonyl (C=O) groups excluding carboxylic acids is 3. The second-order valence-electron chi connectivity index (χ2n) is 8.96. The summed E-state index contributed by atoms with van der Waals surface area (Å²) in [4.78, 5) is 37.9. The number of Topliss-reactive ketones (excluding diaryl/α,β-unsaturated/α-hetero) is 1. The number of carbonyl (C=O) groups is 3. The van der Waals surface area contributed by atoms with Gasteiger partial charge < -0.3 is 19.3 Å². The summed E-state index contributed by atoms with van der Waals surface area (Å²) in [6, 6.07) is 0. The summed E-state index contributed by atoms with van der Waals surface area (Å²) >= 11 is 0. The van der Waals surface area contributed by atoms with Crippen LogP contribution in [0.25, 0.3) is 0 Å². The highest BCUT2D eigenvalue weighted by Crippen LogP contribution is 2.54. The molecule has 150 valence electrons. The van der Waals surface area contributed by atoms with Crippen molar-refractivity contribution in [3.8, 4) is 0 Å². The number of ketones is 2. The van der Waals surface area contributed by atoms with Crippen molar-refractivity contribution in [1.82, 2.24) is 0 Å². The van der Waals surface area contributed by atoms with Gasteiger partial charge in [0.1, 0.15) is 0 Å². The molecule has 2 aliphatic heterocycles. The van der Waals surface area contributed by atoms with Crippen molar-refractivity contribution >= 4 is 17.5 Å². The maximum atomic E-state index is 12.9. The van der Waals surface area contributed by atoms with Crippen LogP contribution < -0.4 is 0 Å². The van der Waals surface area contributed by atoms with Gasteiger partial charge in [0.05, 0.1) is 18.3 Å². The molecule has 3 fully saturated rings. The van der Waals surface area contributed by atoms with Gasteiger partial charge in [0, 0.05) is 12.3 Å². The molecule has 0 aromatic rings. The molecule has 0 radical (unpaired) electrons. The van der Waals surface area contributed by atoms with Gasteiger partial charge in [-0.05, 0) is 39.2 Å². The Kier molecular flexibility index (Phi) is 4.85. The molecule has 5 atom stereocenters. The lowest BCUT2D eigenvalue weighted by atomic mass is 9.72. The number of hydrogen-bond acceptors (Lipinski definition) is 7. The van der Waals surface area contributed by atoms with Gasteiger partial charge in [-0.15, -0.1) is 0 Å². The molecule has 0 aromatic heterocycles. The summed E-state index contributed by atoms with van der Waals surface area (Å²) in [5.41, 5.74) is -3.29. The van der Waals surface area contributed by atoms with Crippen molar-refractivity contribution in [3.63, 3.8) is 0 Å². The van der Waals surface area contributed by atoms with Crippen LogP contribution in [0.2, 0.25) is 0 Å². The number of aliphatic hydroxyl groups is 1. The van der Waals surface area contributed by atoms with Crippen LogP contribution in [-0.2, 0) is 28.6 Å². The molecule has 0 amide bonds.